The van der Waals surface area contributed by atoms with Crippen molar-refractivity contribution in [3.8, 4) is 5.75 Å². The average molecular weight is 448 g/mol. The molecule has 31 heavy (non-hydrogen) atoms. The van der Waals surface area contributed by atoms with Crippen LogP contribution < -0.4 is 10.1 Å². The molecule has 2 aromatic rings. The van der Waals surface area contributed by atoms with Crippen molar-refractivity contribution in [2.45, 2.75) is 45.7 Å². The van der Waals surface area contributed by atoms with Crippen LogP contribution in [0.5, 0.6) is 5.75 Å². The van der Waals surface area contributed by atoms with E-state index in [-0.39, 0.29) is 43.0 Å². The van der Waals surface area contributed by atoms with E-state index in [4.69, 9.17) is 4.74 Å². The van der Waals surface area contributed by atoms with E-state index in [1.807, 2.05) is 32.2 Å². The fraction of sp³-hybridized carbons (Fsp3) is 0.478. The molecule has 0 aliphatic carbocycles. The number of halogens is 1. The zero-order chi connectivity index (χ0) is 22.4. The van der Waals surface area contributed by atoms with E-state index in [1.54, 1.807) is 33.3 Å². The van der Waals surface area contributed by atoms with Crippen molar-refractivity contribution < 1.29 is 18.7 Å². The van der Waals surface area contributed by atoms with Crippen LogP contribution in [0.4, 0.5) is 9.18 Å². The van der Waals surface area contributed by atoms with E-state index in [0.717, 1.165) is 18.4 Å². The minimum atomic E-state index is -0.365. The summed E-state index contributed by atoms with van der Waals surface area (Å²) < 4.78 is 19.4. The van der Waals surface area contributed by atoms with Crippen LogP contribution in [0.2, 0.25) is 0 Å². The number of fused-ring (bicyclic) bond motifs is 1. The van der Waals surface area contributed by atoms with Crippen LogP contribution >= 0.6 is 11.3 Å². The third-order valence-electron chi connectivity index (χ3n) is 5.34. The van der Waals surface area contributed by atoms with E-state index in [1.165, 1.54) is 17.0 Å². The molecule has 1 N–H and O–H groups in total. The monoisotopic (exact) mass is 447 g/mol. The van der Waals surface area contributed by atoms with Gasteiger partial charge in [0.15, 0.2) is 0 Å². The van der Waals surface area contributed by atoms with Crippen LogP contribution in [0.1, 0.15) is 43.7 Å². The minimum absolute atomic E-state index is 0.00312. The third kappa shape index (κ3) is 5.76. The van der Waals surface area contributed by atoms with E-state index in [0.29, 0.717) is 18.8 Å². The van der Waals surface area contributed by atoms with Gasteiger partial charge in [0.2, 0.25) is 5.91 Å². The van der Waals surface area contributed by atoms with Gasteiger partial charge in [0, 0.05) is 30.1 Å². The fourth-order valence-electron chi connectivity index (χ4n) is 3.67. The van der Waals surface area contributed by atoms with Crippen molar-refractivity contribution in [3.05, 3.63) is 52.0 Å². The fourth-order valence-corrected chi connectivity index (χ4v) is 4.59. The molecule has 1 aromatic carbocycles. The first-order valence-electron chi connectivity index (χ1n) is 10.7. The summed E-state index contributed by atoms with van der Waals surface area (Å²) in [6.07, 6.45) is 1.61. The van der Waals surface area contributed by atoms with E-state index in [9.17, 15) is 14.0 Å². The number of nitrogens with one attached hydrogen (secondary N) is 1. The van der Waals surface area contributed by atoms with Gasteiger partial charge < -0.3 is 19.9 Å². The van der Waals surface area contributed by atoms with Gasteiger partial charge in [0.05, 0.1) is 6.04 Å². The van der Waals surface area contributed by atoms with Gasteiger partial charge in [-0.05, 0) is 55.8 Å². The van der Waals surface area contributed by atoms with E-state index < -0.39 is 0 Å². The number of hydrogen-bond donors (Lipinski definition) is 1. The molecule has 6 nitrogen and oxygen atoms in total. The molecule has 1 aromatic heterocycles. The molecule has 168 valence electrons. The number of benzene rings is 1. The minimum Gasteiger partial charge on any atom is -0.491 e. The molecule has 0 spiro atoms. The summed E-state index contributed by atoms with van der Waals surface area (Å²) in [4.78, 5) is 30.4. The second kappa shape index (κ2) is 10.6. The van der Waals surface area contributed by atoms with Gasteiger partial charge in [-0.1, -0.05) is 13.0 Å². The number of urea groups is 1. The zero-order valence-corrected chi connectivity index (χ0v) is 19.1. The largest absolute Gasteiger partial charge is 0.491 e. The number of amides is 3. The lowest BCUT2D eigenvalue weighted by atomic mass is 10.0. The SMILES string of the molecule is CCCNC(=O)N(CC(=O)N1CCc2sccc2C1COc1cccc(F)c1)C(C)C. The van der Waals surface area contributed by atoms with Crippen LogP contribution in [0.15, 0.2) is 35.7 Å². The third-order valence-corrected chi connectivity index (χ3v) is 6.33. The Kier molecular flexibility index (Phi) is 7.90. The number of carbonyl (C=O) groups excluding carboxylic acids is 2. The molecule has 0 bridgehead atoms. The van der Waals surface area contributed by atoms with Crippen molar-refractivity contribution in [3.63, 3.8) is 0 Å². The smallest absolute Gasteiger partial charge is 0.318 e. The van der Waals surface area contributed by atoms with Gasteiger partial charge in [-0.2, -0.15) is 0 Å². The maximum absolute atomic E-state index is 13.5. The van der Waals surface area contributed by atoms with Gasteiger partial charge in [-0.15, -0.1) is 11.3 Å². The second-order valence-electron chi connectivity index (χ2n) is 7.87. The lowest BCUT2D eigenvalue weighted by Crippen LogP contribution is -2.51. The lowest BCUT2D eigenvalue weighted by Gasteiger charge is -2.37. The summed E-state index contributed by atoms with van der Waals surface area (Å²) in [5.74, 6) is -0.0569. The molecule has 3 amide bonds. The Morgan fingerprint density at radius 3 is 2.87 bits per heavy atom. The van der Waals surface area contributed by atoms with Gasteiger partial charge in [0.1, 0.15) is 24.7 Å². The molecule has 1 aliphatic rings. The van der Waals surface area contributed by atoms with E-state index in [2.05, 4.69) is 5.32 Å². The molecular formula is C23H30FN3O3S. The van der Waals surface area contributed by atoms with E-state index >= 15 is 0 Å². The molecule has 0 saturated heterocycles. The van der Waals surface area contributed by atoms with Crippen molar-refractivity contribution in [2.24, 2.45) is 0 Å². The number of hydrogen-bond acceptors (Lipinski definition) is 4. The van der Waals surface area contributed by atoms with Crippen molar-refractivity contribution >= 4 is 23.3 Å². The van der Waals surface area contributed by atoms with Crippen LogP contribution in [-0.4, -0.2) is 54.0 Å². The highest BCUT2D eigenvalue weighted by Crippen LogP contribution is 2.34. The van der Waals surface area contributed by atoms with Gasteiger partial charge in [-0.25, -0.2) is 9.18 Å². The standard InChI is InChI=1S/C23H30FN3O3S/c1-4-10-25-23(29)27(16(2)3)14-22(28)26-11-8-21-19(9-12-31-21)20(26)15-30-18-7-5-6-17(24)13-18/h5-7,9,12-13,16,20H,4,8,10-11,14-15H2,1-3H3,(H,25,29). The Hall–Kier alpha value is -2.61. The maximum atomic E-state index is 13.5. The molecule has 1 atom stereocenters. The number of ether oxygens (including phenoxy) is 1. The highest BCUT2D eigenvalue weighted by atomic mass is 32.1. The number of rotatable bonds is 8. The van der Waals surface area contributed by atoms with Crippen LogP contribution in [0.3, 0.4) is 0 Å². The molecule has 0 fully saturated rings. The lowest BCUT2D eigenvalue weighted by molar-refractivity contribution is -0.135. The highest BCUT2D eigenvalue weighted by Gasteiger charge is 2.34. The normalized spacial score (nSPS) is 15.5. The molecule has 0 saturated carbocycles. The zero-order valence-electron chi connectivity index (χ0n) is 18.3. The topological polar surface area (TPSA) is 61.9 Å². The Balaban J connectivity index is 1.75. The summed E-state index contributed by atoms with van der Waals surface area (Å²) in [6, 6.07) is 7.40. The Bertz CT molecular complexity index is 902. The molecule has 1 unspecified atom stereocenters. The molecule has 8 heteroatoms. The first-order valence-corrected chi connectivity index (χ1v) is 11.6. The predicted octanol–water partition coefficient (Wildman–Crippen LogP) is 4.22. The number of carbonyl (C=O) groups is 2. The Labute approximate surface area is 187 Å². The molecule has 1 aliphatic heterocycles. The molecule has 0 radical (unpaired) electrons. The maximum Gasteiger partial charge on any atom is 0.318 e. The highest BCUT2D eigenvalue weighted by molar-refractivity contribution is 7.10. The second-order valence-corrected chi connectivity index (χ2v) is 8.87. The summed E-state index contributed by atoms with van der Waals surface area (Å²) >= 11 is 1.67. The Morgan fingerprint density at radius 2 is 2.16 bits per heavy atom. The van der Waals surface area contributed by atoms with Crippen LogP contribution in [-0.2, 0) is 11.2 Å². The number of nitrogens with zero attached hydrogens (tertiary/aromatic N) is 2. The van der Waals surface area contributed by atoms with Gasteiger partial charge >= 0.3 is 6.03 Å². The first-order chi connectivity index (χ1) is 14.9. The quantitative estimate of drug-likeness (QED) is 0.659. The Morgan fingerprint density at radius 1 is 1.35 bits per heavy atom. The van der Waals surface area contributed by atoms with Crippen molar-refractivity contribution in [1.82, 2.24) is 15.1 Å². The summed E-state index contributed by atoms with van der Waals surface area (Å²) in [5, 5.41) is 4.87. The van der Waals surface area contributed by atoms with Gasteiger partial charge in [0.25, 0.3) is 0 Å². The van der Waals surface area contributed by atoms with Crippen molar-refractivity contribution in [2.75, 3.05) is 26.2 Å². The molecule has 2 heterocycles. The predicted molar refractivity (Wildman–Crippen MR) is 120 cm³/mol. The average Bonchev–Trinajstić information content (AvgIpc) is 3.22. The van der Waals surface area contributed by atoms with Crippen LogP contribution in [0, 0.1) is 5.82 Å². The van der Waals surface area contributed by atoms with Gasteiger partial charge in [-0.3, -0.25) is 4.79 Å². The van der Waals surface area contributed by atoms with Crippen molar-refractivity contribution in [1.29, 1.82) is 0 Å². The first kappa shape index (κ1) is 23.1. The summed E-state index contributed by atoms with van der Waals surface area (Å²) in [7, 11) is 0. The molecule has 3 rings (SSSR count). The number of thiophene rings is 1. The van der Waals surface area contributed by atoms with Crippen LogP contribution in [0.25, 0.3) is 0 Å². The summed E-state index contributed by atoms with van der Waals surface area (Å²) in [6.45, 7) is 7.15. The molecular weight excluding hydrogens is 417 g/mol. The summed E-state index contributed by atoms with van der Waals surface area (Å²) in [5.41, 5.74) is 1.06.